The lowest BCUT2D eigenvalue weighted by atomic mass is 9.98. The van der Waals surface area contributed by atoms with E-state index in [1.807, 2.05) is 0 Å². The molecule has 100 valence electrons. The van der Waals surface area contributed by atoms with E-state index in [2.05, 4.69) is 76.5 Å². The highest BCUT2D eigenvalue weighted by Gasteiger charge is 2.00. The number of hydrogen-bond donors (Lipinski definition) is 0. The van der Waals surface area contributed by atoms with Gasteiger partial charge in [0.2, 0.25) is 0 Å². The van der Waals surface area contributed by atoms with Crippen LogP contribution in [0, 0.1) is 0 Å². The van der Waals surface area contributed by atoms with Gasteiger partial charge >= 0.3 is 0 Å². The summed E-state index contributed by atoms with van der Waals surface area (Å²) >= 11 is 0. The molecule has 0 aliphatic heterocycles. The van der Waals surface area contributed by atoms with Crippen LogP contribution in [0.15, 0.2) is 73.6 Å². The minimum atomic E-state index is 1.09. The molecular formula is C17H17N3. The molecule has 0 atom stereocenters. The van der Waals surface area contributed by atoms with Gasteiger partial charge in [0, 0.05) is 0 Å². The van der Waals surface area contributed by atoms with Crippen molar-refractivity contribution in [1.29, 1.82) is 0 Å². The highest BCUT2D eigenvalue weighted by Crippen LogP contribution is 2.23. The lowest BCUT2D eigenvalue weighted by molar-refractivity contribution is 1.05. The molecule has 0 aliphatic rings. The zero-order valence-corrected chi connectivity index (χ0v) is 11.5. The topological polar surface area (TPSA) is 38.7 Å². The molecule has 2 aromatic carbocycles. The molecule has 3 nitrogen and oxygen atoms in total. The van der Waals surface area contributed by atoms with E-state index < -0.39 is 0 Å². The average molecular weight is 263 g/mol. The fourth-order valence-corrected chi connectivity index (χ4v) is 1.93. The first-order valence-electron chi connectivity index (χ1n) is 6.60. The standard InChI is InChI=1S/C14H14.C3H3N3/c1-2-12-8-6-7-11-14(12)13-9-4-3-5-10-13;1-4-2-6-3-5-1/h3-11H,2H2,1H3;1-3H. The van der Waals surface area contributed by atoms with Gasteiger partial charge in [-0.25, -0.2) is 15.0 Å². The summed E-state index contributed by atoms with van der Waals surface area (Å²) in [5.41, 5.74) is 4.08. The minimum Gasteiger partial charge on any atom is -0.225 e. The fourth-order valence-electron chi connectivity index (χ4n) is 1.93. The highest BCUT2D eigenvalue weighted by molar-refractivity contribution is 5.67. The van der Waals surface area contributed by atoms with Gasteiger partial charge in [0.1, 0.15) is 19.0 Å². The molecule has 3 aromatic rings. The summed E-state index contributed by atoms with van der Waals surface area (Å²) in [6, 6.07) is 19.1. The van der Waals surface area contributed by atoms with E-state index in [0.29, 0.717) is 0 Å². The first-order chi connectivity index (χ1) is 9.92. The van der Waals surface area contributed by atoms with Crippen LogP contribution in [0.3, 0.4) is 0 Å². The molecule has 3 heteroatoms. The molecular weight excluding hydrogens is 246 g/mol. The van der Waals surface area contributed by atoms with Crippen LogP contribution in [0.1, 0.15) is 12.5 Å². The van der Waals surface area contributed by atoms with Crippen molar-refractivity contribution in [3.05, 3.63) is 79.1 Å². The molecule has 0 N–H and O–H groups in total. The van der Waals surface area contributed by atoms with Gasteiger partial charge in [-0.3, -0.25) is 0 Å². The van der Waals surface area contributed by atoms with Crippen LogP contribution >= 0.6 is 0 Å². The molecule has 1 heterocycles. The third kappa shape index (κ3) is 3.99. The number of nitrogens with zero attached hydrogens (tertiary/aromatic N) is 3. The molecule has 0 spiro atoms. The van der Waals surface area contributed by atoms with E-state index in [0.717, 1.165) is 6.42 Å². The summed E-state index contributed by atoms with van der Waals surface area (Å²) in [6.45, 7) is 2.20. The van der Waals surface area contributed by atoms with E-state index in [1.165, 1.54) is 35.7 Å². The van der Waals surface area contributed by atoms with Gasteiger partial charge in [0.15, 0.2) is 0 Å². The lowest BCUT2D eigenvalue weighted by Gasteiger charge is -2.06. The van der Waals surface area contributed by atoms with Crippen molar-refractivity contribution in [2.45, 2.75) is 13.3 Å². The normalized spacial score (nSPS) is 9.45. The predicted molar refractivity (Wildman–Crippen MR) is 81.1 cm³/mol. The van der Waals surface area contributed by atoms with Crippen molar-refractivity contribution in [3.63, 3.8) is 0 Å². The second-order valence-corrected chi connectivity index (χ2v) is 4.17. The summed E-state index contributed by atoms with van der Waals surface area (Å²) in [4.78, 5) is 10.7. The van der Waals surface area contributed by atoms with Crippen LogP contribution in [-0.2, 0) is 6.42 Å². The Hall–Kier alpha value is -2.55. The number of aromatic nitrogens is 3. The van der Waals surface area contributed by atoms with Crippen molar-refractivity contribution in [2.24, 2.45) is 0 Å². The molecule has 0 bridgehead atoms. The number of benzene rings is 2. The first kappa shape index (κ1) is 13.9. The first-order valence-corrected chi connectivity index (χ1v) is 6.60. The van der Waals surface area contributed by atoms with Crippen LogP contribution < -0.4 is 0 Å². The van der Waals surface area contributed by atoms with E-state index in [4.69, 9.17) is 0 Å². The van der Waals surface area contributed by atoms with Gasteiger partial charge in [-0.15, -0.1) is 0 Å². The van der Waals surface area contributed by atoms with E-state index >= 15 is 0 Å². The Labute approximate surface area is 119 Å². The van der Waals surface area contributed by atoms with Crippen LogP contribution in [-0.4, -0.2) is 15.0 Å². The van der Waals surface area contributed by atoms with Crippen LogP contribution in [0.2, 0.25) is 0 Å². The third-order valence-electron chi connectivity index (χ3n) is 2.88. The number of aryl methyl sites for hydroxylation is 1. The van der Waals surface area contributed by atoms with Crippen LogP contribution in [0.4, 0.5) is 0 Å². The SMILES string of the molecule is CCc1ccccc1-c1ccccc1.c1ncncn1. The second-order valence-electron chi connectivity index (χ2n) is 4.17. The zero-order valence-electron chi connectivity index (χ0n) is 11.5. The van der Waals surface area contributed by atoms with Crippen LogP contribution in [0.5, 0.6) is 0 Å². The molecule has 0 aliphatic carbocycles. The molecule has 1 aromatic heterocycles. The number of rotatable bonds is 2. The summed E-state index contributed by atoms with van der Waals surface area (Å²) in [7, 11) is 0. The molecule has 20 heavy (non-hydrogen) atoms. The predicted octanol–water partition coefficient (Wildman–Crippen LogP) is 3.79. The average Bonchev–Trinajstić information content (AvgIpc) is 2.58. The van der Waals surface area contributed by atoms with Crippen LogP contribution in [0.25, 0.3) is 11.1 Å². The summed E-state index contributed by atoms with van der Waals surface area (Å²) in [5.74, 6) is 0. The van der Waals surface area contributed by atoms with E-state index in [-0.39, 0.29) is 0 Å². The molecule has 3 rings (SSSR count). The fraction of sp³-hybridized carbons (Fsp3) is 0.118. The second kappa shape index (κ2) is 7.79. The monoisotopic (exact) mass is 263 g/mol. The van der Waals surface area contributed by atoms with Crippen molar-refractivity contribution in [2.75, 3.05) is 0 Å². The molecule has 0 unspecified atom stereocenters. The smallest absolute Gasteiger partial charge is 0.119 e. The summed E-state index contributed by atoms with van der Waals surface area (Å²) < 4.78 is 0. The Morgan fingerprint density at radius 3 is 1.80 bits per heavy atom. The lowest BCUT2D eigenvalue weighted by Crippen LogP contribution is -1.85. The molecule has 0 saturated heterocycles. The van der Waals surface area contributed by atoms with Gasteiger partial charge < -0.3 is 0 Å². The van der Waals surface area contributed by atoms with Crippen molar-refractivity contribution < 1.29 is 0 Å². The van der Waals surface area contributed by atoms with Gasteiger partial charge in [0.25, 0.3) is 0 Å². The Morgan fingerprint density at radius 2 is 1.25 bits per heavy atom. The minimum absolute atomic E-state index is 1.09. The quantitative estimate of drug-likeness (QED) is 0.706. The largest absolute Gasteiger partial charge is 0.225 e. The Kier molecular flexibility index (Phi) is 5.40. The zero-order chi connectivity index (χ0) is 14.0. The molecule has 0 radical (unpaired) electrons. The van der Waals surface area contributed by atoms with Gasteiger partial charge in [-0.2, -0.15) is 0 Å². The van der Waals surface area contributed by atoms with Gasteiger partial charge in [-0.1, -0.05) is 61.5 Å². The maximum Gasteiger partial charge on any atom is 0.119 e. The Bertz CT molecular complexity index is 583. The molecule has 0 saturated carbocycles. The van der Waals surface area contributed by atoms with E-state index in [1.54, 1.807) is 0 Å². The maximum atomic E-state index is 3.56. The highest BCUT2D eigenvalue weighted by atomic mass is 14.9. The van der Waals surface area contributed by atoms with Gasteiger partial charge in [-0.05, 0) is 23.1 Å². The molecule has 0 fully saturated rings. The van der Waals surface area contributed by atoms with Crippen molar-refractivity contribution >= 4 is 0 Å². The van der Waals surface area contributed by atoms with E-state index in [9.17, 15) is 0 Å². The maximum absolute atomic E-state index is 3.56. The summed E-state index contributed by atoms with van der Waals surface area (Å²) in [5, 5.41) is 0. The van der Waals surface area contributed by atoms with Crippen molar-refractivity contribution in [3.8, 4) is 11.1 Å². The summed E-state index contributed by atoms with van der Waals surface area (Å²) in [6.07, 6.45) is 5.40. The Balaban J connectivity index is 0.000000205. The molecule has 0 amide bonds. The Morgan fingerprint density at radius 1 is 0.700 bits per heavy atom. The van der Waals surface area contributed by atoms with Gasteiger partial charge in [0.05, 0.1) is 0 Å². The van der Waals surface area contributed by atoms with Crippen molar-refractivity contribution in [1.82, 2.24) is 15.0 Å². The third-order valence-corrected chi connectivity index (χ3v) is 2.88. The number of hydrogen-bond acceptors (Lipinski definition) is 3.